The van der Waals surface area contributed by atoms with Gasteiger partial charge in [0.25, 0.3) is 0 Å². The number of carbonyl (C=O) groups excluding carboxylic acids is 1. The summed E-state index contributed by atoms with van der Waals surface area (Å²) < 4.78 is 30.8. The number of unbranched alkanes of at least 4 members (excludes halogenated alkanes) is 3. The predicted molar refractivity (Wildman–Crippen MR) is 162 cm³/mol. The molecule has 1 amide bonds. The lowest BCUT2D eigenvalue weighted by Gasteiger charge is -2.39. The Labute approximate surface area is 242 Å². The van der Waals surface area contributed by atoms with Crippen molar-refractivity contribution in [1.82, 2.24) is 23.7 Å². The van der Waals surface area contributed by atoms with Crippen molar-refractivity contribution >= 4 is 32.7 Å². The molecule has 216 valence electrons. The molecule has 0 spiro atoms. The smallest absolute Gasteiger partial charge is 0.244 e. The summed E-state index contributed by atoms with van der Waals surface area (Å²) in [5, 5.41) is 3.01. The van der Waals surface area contributed by atoms with Crippen molar-refractivity contribution in [2.45, 2.75) is 57.0 Å². The fourth-order valence-electron chi connectivity index (χ4n) is 5.49. The SMILES string of the molecule is CCCCCCN1CCN(S(=O)(=O)c2ccccc2)C(C(=O)Nc2ccc3c(c2)nc(-c2cccnc2)n3CC)C1. The number of fused-ring (bicyclic) bond motifs is 1. The first-order valence-electron chi connectivity index (χ1n) is 14.4. The van der Waals surface area contributed by atoms with E-state index in [1.165, 1.54) is 10.7 Å². The van der Waals surface area contributed by atoms with E-state index in [4.69, 9.17) is 4.98 Å². The van der Waals surface area contributed by atoms with E-state index in [1.54, 1.807) is 42.7 Å². The molecule has 0 aliphatic carbocycles. The van der Waals surface area contributed by atoms with Crippen LogP contribution in [0, 0.1) is 0 Å². The number of hydrogen-bond donors (Lipinski definition) is 1. The van der Waals surface area contributed by atoms with E-state index >= 15 is 0 Å². The van der Waals surface area contributed by atoms with Gasteiger partial charge in [0.2, 0.25) is 15.9 Å². The van der Waals surface area contributed by atoms with E-state index in [0.29, 0.717) is 18.8 Å². The van der Waals surface area contributed by atoms with Crippen LogP contribution in [0.4, 0.5) is 5.69 Å². The van der Waals surface area contributed by atoms with Gasteiger partial charge in [0.05, 0.1) is 15.9 Å². The summed E-state index contributed by atoms with van der Waals surface area (Å²) in [7, 11) is -3.85. The monoisotopic (exact) mass is 574 g/mol. The predicted octanol–water partition coefficient (Wildman–Crippen LogP) is 5.01. The van der Waals surface area contributed by atoms with Crippen LogP contribution in [0.25, 0.3) is 22.4 Å². The molecule has 10 heteroatoms. The summed E-state index contributed by atoms with van der Waals surface area (Å²) in [6.07, 6.45) is 8.00. The quantitative estimate of drug-likeness (QED) is 0.253. The van der Waals surface area contributed by atoms with Crippen LogP contribution in [0.1, 0.15) is 39.5 Å². The maximum Gasteiger partial charge on any atom is 0.244 e. The number of rotatable bonds is 11. The number of hydrogen-bond acceptors (Lipinski definition) is 6. The topological polar surface area (TPSA) is 100 Å². The number of benzene rings is 2. The van der Waals surface area contributed by atoms with Crippen molar-refractivity contribution in [2.75, 3.05) is 31.5 Å². The number of nitrogens with one attached hydrogen (secondary N) is 1. The van der Waals surface area contributed by atoms with Crippen LogP contribution in [0.15, 0.2) is 78.0 Å². The van der Waals surface area contributed by atoms with Crippen molar-refractivity contribution in [2.24, 2.45) is 0 Å². The molecular weight excluding hydrogens is 536 g/mol. The molecule has 1 aliphatic heterocycles. The van der Waals surface area contributed by atoms with E-state index < -0.39 is 16.1 Å². The van der Waals surface area contributed by atoms with Crippen molar-refractivity contribution in [3.05, 3.63) is 73.1 Å². The highest BCUT2D eigenvalue weighted by Gasteiger charge is 2.40. The number of piperazine rings is 1. The van der Waals surface area contributed by atoms with Gasteiger partial charge in [0, 0.05) is 49.8 Å². The first kappa shape index (κ1) is 28.9. The maximum absolute atomic E-state index is 13.8. The van der Waals surface area contributed by atoms with Crippen LogP contribution in [0.3, 0.4) is 0 Å². The number of amides is 1. The Bertz CT molecular complexity index is 1570. The molecule has 5 rings (SSSR count). The van der Waals surface area contributed by atoms with Gasteiger partial charge in [0.1, 0.15) is 11.9 Å². The Kier molecular flexibility index (Phi) is 9.12. The van der Waals surface area contributed by atoms with Gasteiger partial charge in [-0.05, 0) is 62.4 Å². The molecule has 2 aromatic heterocycles. The molecule has 2 aromatic carbocycles. The van der Waals surface area contributed by atoms with Crippen molar-refractivity contribution in [1.29, 1.82) is 0 Å². The van der Waals surface area contributed by atoms with E-state index in [2.05, 4.69) is 33.6 Å². The summed E-state index contributed by atoms with van der Waals surface area (Å²) in [6.45, 7) is 7.03. The van der Waals surface area contributed by atoms with Crippen LogP contribution in [0.5, 0.6) is 0 Å². The molecule has 1 N–H and O–H groups in total. The molecule has 9 nitrogen and oxygen atoms in total. The second-order valence-electron chi connectivity index (χ2n) is 10.4. The normalized spacial score (nSPS) is 16.7. The number of aryl methyl sites for hydroxylation is 1. The molecule has 0 radical (unpaired) electrons. The number of imidazole rings is 1. The lowest BCUT2D eigenvalue weighted by Crippen LogP contribution is -2.59. The lowest BCUT2D eigenvalue weighted by atomic mass is 10.1. The van der Waals surface area contributed by atoms with Gasteiger partial charge in [-0.15, -0.1) is 0 Å². The van der Waals surface area contributed by atoms with E-state index in [-0.39, 0.29) is 17.3 Å². The minimum Gasteiger partial charge on any atom is -0.325 e. The minimum atomic E-state index is -3.85. The summed E-state index contributed by atoms with van der Waals surface area (Å²) in [6, 6.07) is 17.0. The molecule has 0 saturated carbocycles. The Balaban J connectivity index is 1.41. The first-order valence-corrected chi connectivity index (χ1v) is 15.9. The van der Waals surface area contributed by atoms with Gasteiger partial charge >= 0.3 is 0 Å². The average molecular weight is 575 g/mol. The number of carbonyl (C=O) groups is 1. The Morgan fingerprint density at radius 1 is 1.00 bits per heavy atom. The van der Waals surface area contributed by atoms with Gasteiger partial charge in [-0.1, -0.05) is 44.4 Å². The van der Waals surface area contributed by atoms with E-state index in [9.17, 15) is 13.2 Å². The average Bonchev–Trinajstić information content (AvgIpc) is 3.38. The third-order valence-corrected chi connectivity index (χ3v) is 9.57. The molecule has 1 saturated heterocycles. The van der Waals surface area contributed by atoms with Gasteiger partial charge < -0.3 is 9.88 Å². The number of sulfonamides is 1. The molecular formula is C31H38N6O3S. The summed E-state index contributed by atoms with van der Waals surface area (Å²) in [5.41, 5.74) is 3.20. The van der Waals surface area contributed by atoms with E-state index in [1.807, 2.05) is 30.3 Å². The van der Waals surface area contributed by atoms with Crippen LogP contribution >= 0.6 is 0 Å². The standard InChI is InChI=1S/C31H38N6O3S/c1-3-5-6-10-18-35-19-20-37(41(39,40)26-13-8-7-9-14-26)29(23-35)31(38)33-25-15-16-28-27(21-25)34-30(36(28)4-2)24-12-11-17-32-22-24/h7-9,11-17,21-22,29H,3-6,10,18-20,23H2,1-2H3,(H,33,38). The van der Waals surface area contributed by atoms with Gasteiger partial charge in [-0.25, -0.2) is 13.4 Å². The van der Waals surface area contributed by atoms with Gasteiger partial charge in [-0.3, -0.25) is 14.7 Å². The van der Waals surface area contributed by atoms with E-state index in [0.717, 1.165) is 54.8 Å². The fraction of sp³-hybridized carbons (Fsp3) is 0.387. The zero-order chi connectivity index (χ0) is 28.8. The highest BCUT2D eigenvalue weighted by atomic mass is 32.2. The number of anilines is 1. The molecule has 1 unspecified atom stereocenters. The highest BCUT2D eigenvalue weighted by molar-refractivity contribution is 7.89. The molecule has 1 aliphatic rings. The molecule has 41 heavy (non-hydrogen) atoms. The molecule has 1 fully saturated rings. The largest absolute Gasteiger partial charge is 0.325 e. The number of pyridine rings is 1. The minimum absolute atomic E-state index is 0.198. The maximum atomic E-state index is 13.8. The van der Waals surface area contributed by atoms with Crippen LogP contribution in [-0.4, -0.2) is 70.3 Å². The fourth-order valence-corrected chi connectivity index (χ4v) is 7.08. The van der Waals surface area contributed by atoms with Crippen LogP contribution < -0.4 is 5.32 Å². The molecule has 3 heterocycles. The highest BCUT2D eigenvalue weighted by Crippen LogP contribution is 2.28. The molecule has 4 aromatic rings. The second-order valence-corrected chi connectivity index (χ2v) is 12.3. The lowest BCUT2D eigenvalue weighted by molar-refractivity contribution is -0.121. The van der Waals surface area contributed by atoms with Crippen molar-refractivity contribution in [3.8, 4) is 11.4 Å². The Morgan fingerprint density at radius 2 is 1.83 bits per heavy atom. The third kappa shape index (κ3) is 6.34. The van der Waals surface area contributed by atoms with Crippen LogP contribution in [-0.2, 0) is 21.4 Å². The third-order valence-electron chi connectivity index (χ3n) is 7.65. The Hall–Kier alpha value is -3.60. The summed E-state index contributed by atoms with van der Waals surface area (Å²) in [5.74, 6) is 0.467. The first-order chi connectivity index (χ1) is 19.9. The van der Waals surface area contributed by atoms with Crippen molar-refractivity contribution in [3.63, 3.8) is 0 Å². The Morgan fingerprint density at radius 3 is 2.56 bits per heavy atom. The van der Waals surface area contributed by atoms with Gasteiger partial charge in [-0.2, -0.15) is 4.31 Å². The molecule has 0 bridgehead atoms. The van der Waals surface area contributed by atoms with Gasteiger partial charge in [0.15, 0.2) is 0 Å². The summed E-state index contributed by atoms with van der Waals surface area (Å²) in [4.78, 5) is 25.3. The zero-order valence-corrected chi connectivity index (χ0v) is 24.6. The van der Waals surface area contributed by atoms with Crippen molar-refractivity contribution < 1.29 is 13.2 Å². The summed E-state index contributed by atoms with van der Waals surface area (Å²) >= 11 is 0. The number of aromatic nitrogens is 3. The second kappa shape index (κ2) is 12.9. The number of nitrogens with zero attached hydrogens (tertiary/aromatic N) is 5. The molecule has 1 atom stereocenters. The zero-order valence-electron chi connectivity index (χ0n) is 23.7. The van der Waals surface area contributed by atoms with Crippen LogP contribution in [0.2, 0.25) is 0 Å².